The SMILES string of the molecule is Cc1ccc2oc(-c3ccc(C)c(NC(=O)c4cc([N+](=O)[O-])ccc4N4CCOCC4)c3)nc2c1. The highest BCUT2D eigenvalue weighted by atomic mass is 16.6. The topological polar surface area (TPSA) is 111 Å². The van der Waals surface area contributed by atoms with Gasteiger partial charge < -0.3 is 19.4 Å². The van der Waals surface area contributed by atoms with Gasteiger partial charge in [0.05, 0.1) is 29.4 Å². The number of anilines is 2. The molecule has 0 bridgehead atoms. The van der Waals surface area contributed by atoms with Gasteiger partial charge in [0.2, 0.25) is 5.89 Å². The molecule has 178 valence electrons. The van der Waals surface area contributed by atoms with E-state index in [4.69, 9.17) is 9.15 Å². The molecule has 0 atom stereocenters. The summed E-state index contributed by atoms with van der Waals surface area (Å²) in [6.45, 7) is 6.14. The Labute approximate surface area is 201 Å². The van der Waals surface area contributed by atoms with Gasteiger partial charge in [-0.25, -0.2) is 4.98 Å². The van der Waals surface area contributed by atoms with Crippen LogP contribution in [0.15, 0.2) is 59.0 Å². The lowest BCUT2D eigenvalue weighted by Crippen LogP contribution is -2.37. The van der Waals surface area contributed by atoms with Gasteiger partial charge in [0.25, 0.3) is 11.6 Å². The summed E-state index contributed by atoms with van der Waals surface area (Å²) >= 11 is 0. The van der Waals surface area contributed by atoms with Gasteiger partial charge in [0, 0.05) is 36.5 Å². The molecule has 4 aromatic rings. The minimum Gasteiger partial charge on any atom is -0.436 e. The number of nitro benzene ring substituents is 1. The Hall–Kier alpha value is -4.24. The number of benzene rings is 3. The van der Waals surface area contributed by atoms with Gasteiger partial charge >= 0.3 is 0 Å². The van der Waals surface area contributed by atoms with Crippen LogP contribution < -0.4 is 10.2 Å². The Morgan fingerprint density at radius 3 is 2.63 bits per heavy atom. The second-order valence-corrected chi connectivity index (χ2v) is 8.53. The summed E-state index contributed by atoms with van der Waals surface area (Å²) in [4.78, 5) is 30.9. The molecule has 1 aliphatic heterocycles. The maximum atomic E-state index is 13.4. The molecule has 3 aromatic carbocycles. The number of aryl methyl sites for hydroxylation is 2. The number of non-ortho nitro benzene ring substituents is 1. The molecule has 0 unspecified atom stereocenters. The van der Waals surface area contributed by atoms with E-state index in [1.807, 2.05) is 49.1 Å². The number of nitrogens with zero attached hydrogens (tertiary/aromatic N) is 3. The van der Waals surface area contributed by atoms with Crippen LogP contribution in [0.4, 0.5) is 17.1 Å². The monoisotopic (exact) mass is 472 g/mol. The lowest BCUT2D eigenvalue weighted by molar-refractivity contribution is -0.384. The van der Waals surface area contributed by atoms with Crippen molar-refractivity contribution in [2.75, 3.05) is 36.5 Å². The summed E-state index contributed by atoms with van der Waals surface area (Å²) in [6.07, 6.45) is 0. The van der Waals surface area contributed by atoms with Crippen LogP contribution in [0.5, 0.6) is 0 Å². The van der Waals surface area contributed by atoms with Crippen molar-refractivity contribution in [3.8, 4) is 11.5 Å². The van der Waals surface area contributed by atoms with Crippen molar-refractivity contribution in [2.24, 2.45) is 0 Å². The molecule has 2 heterocycles. The molecule has 0 spiro atoms. The van der Waals surface area contributed by atoms with Crippen LogP contribution in [-0.4, -0.2) is 42.1 Å². The third-order valence-electron chi connectivity index (χ3n) is 6.06. The number of carbonyl (C=O) groups is 1. The number of oxazole rings is 1. The normalized spacial score (nSPS) is 13.7. The van der Waals surface area contributed by atoms with Crippen molar-refractivity contribution in [3.63, 3.8) is 0 Å². The average molecular weight is 473 g/mol. The molecule has 0 saturated carbocycles. The van der Waals surface area contributed by atoms with Crippen molar-refractivity contribution < 1.29 is 18.9 Å². The minimum atomic E-state index is -0.499. The van der Waals surface area contributed by atoms with Crippen LogP contribution >= 0.6 is 0 Å². The fourth-order valence-corrected chi connectivity index (χ4v) is 4.14. The second-order valence-electron chi connectivity index (χ2n) is 8.53. The summed E-state index contributed by atoms with van der Waals surface area (Å²) in [5.74, 6) is 0.0223. The molecule has 9 heteroatoms. The number of ether oxygens (including phenoxy) is 1. The van der Waals surface area contributed by atoms with Gasteiger partial charge in [0.15, 0.2) is 5.58 Å². The maximum absolute atomic E-state index is 13.4. The third-order valence-corrected chi connectivity index (χ3v) is 6.06. The Bertz CT molecular complexity index is 1440. The molecule has 9 nitrogen and oxygen atoms in total. The van der Waals surface area contributed by atoms with E-state index in [-0.39, 0.29) is 11.3 Å². The summed E-state index contributed by atoms with van der Waals surface area (Å²) in [7, 11) is 0. The molecule has 0 radical (unpaired) electrons. The summed E-state index contributed by atoms with van der Waals surface area (Å²) in [5.41, 5.74) is 5.40. The van der Waals surface area contributed by atoms with Gasteiger partial charge in [-0.2, -0.15) is 0 Å². The number of morpholine rings is 1. The molecular formula is C26H24N4O5. The molecule has 1 aliphatic rings. The van der Waals surface area contributed by atoms with Crippen molar-refractivity contribution >= 4 is 34.1 Å². The highest BCUT2D eigenvalue weighted by Gasteiger charge is 2.23. The molecule has 1 aromatic heterocycles. The fraction of sp³-hybridized carbons (Fsp3) is 0.231. The van der Waals surface area contributed by atoms with E-state index in [2.05, 4.69) is 10.3 Å². The highest BCUT2D eigenvalue weighted by molar-refractivity contribution is 6.09. The Morgan fingerprint density at radius 2 is 1.86 bits per heavy atom. The Balaban J connectivity index is 1.48. The fourth-order valence-electron chi connectivity index (χ4n) is 4.14. The number of rotatable bonds is 5. The van der Waals surface area contributed by atoms with Gasteiger partial charge in [0.1, 0.15) is 5.52 Å². The molecule has 0 aliphatic carbocycles. The van der Waals surface area contributed by atoms with Crippen molar-refractivity contribution in [2.45, 2.75) is 13.8 Å². The van der Waals surface area contributed by atoms with Crippen LogP contribution in [0.1, 0.15) is 21.5 Å². The van der Waals surface area contributed by atoms with Crippen LogP contribution in [0.2, 0.25) is 0 Å². The maximum Gasteiger partial charge on any atom is 0.270 e. The van der Waals surface area contributed by atoms with Crippen LogP contribution in [0, 0.1) is 24.0 Å². The Kier molecular flexibility index (Phi) is 5.92. The molecule has 1 saturated heterocycles. The van der Waals surface area contributed by atoms with Crippen LogP contribution in [0.25, 0.3) is 22.6 Å². The van der Waals surface area contributed by atoms with Crippen molar-refractivity contribution in [1.82, 2.24) is 4.98 Å². The van der Waals surface area contributed by atoms with Gasteiger partial charge in [-0.05, 0) is 55.3 Å². The predicted molar refractivity (Wildman–Crippen MR) is 133 cm³/mol. The molecule has 1 amide bonds. The molecule has 1 N–H and O–H groups in total. The molecular weight excluding hydrogens is 448 g/mol. The van der Waals surface area contributed by atoms with E-state index >= 15 is 0 Å². The molecule has 1 fully saturated rings. The number of hydrogen-bond donors (Lipinski definition) is 1. The van der Waals surface area contributed by atoms with E-state index in [0.29, 0.717) is 54.7 Å². The summed E-state index contributed by atoms with van der Waals surface area (Å²) in [5, 5.41) is 14.3. The average Bonchev–Trinajstić information content (AvgIpc) is 3.28. The number of aromatic nitrogens is 1. The minimum absolute atomic E-state index is 0.139. The van der Waals surface area contributed by atoms with Gasteiger partial charge in [-0.3, -0.25) is 14.9 Å². The van der Waals surface area contributed by atoms with Crippen LogP contribution in [0.3, 0.4) is 0 Å². The van der Waals surface area contributed by atoms with Gasteiger partial charge in [-0.1, -0.05) is 12.1 Å². The number of nitro groups is 1. The highest BCUT2D eigenvalue weighted by Crippen LogP contribution is 2.31. The van der Waals surface area contributed by atoms with Crippen molar-refractivity contribution in [3.05, 3.63) is 81.4 Å². The number of carbonyl (C=O) groups excluding carboxylic acids is 1. The third kappa shape index (κ3) is 4.58. The van der Waals surface area contributed by atoms with E-state index in [0.717, 1.165) is 16.6 Å². The van der Waals surface area contributed by atoms with E-state index in [9.17, 15) is 14.9 Å². The Morgan fingerprint density at radius 1 is 1.06 bits per heavy atom. The lowest BCUT2D eigenvalue weighted by Gasteiger charge is -2.30. The summed E-state index contributed by atoms with van der Waals surface area (Å²) in [6, 6.07) is 15.7. The van der Waals surface area contributed by atoms with E-state index in [1.165, 1.54) is 12.1 Å². The number of nitrogens with one attached hydrogen (secondary N) is 1. The zero-order chi connectivity index (χ0) is 24.5. The summed E-state index contributed by atoms with van der Waals surface area (Å²) < 4.78 is 11.3. The number of fused-ring (bicyclic) bond motifs is 1. The zero-order valence-corrected chi connectivity index (χ0v) is 19.4. The first kappa shape index (κ1) is 22.5. The molecule has 35 heavy (non-hydrogen) atoms. The first-order chi connectivity index (χ1) is 16.9. The lowest BCUT2D eigenvalue weighted by atomic mass is 10.1. The first-order valence-electron chi connectivity index (χ1n) is 11.3. The zero-order valence-electron chi connectivity index (χ0n) is 19.4. The van der Waals surface area contributed by atoms with Crippen molar-refractivity contribution in [1.29, 1.82) is 0 Å². The standard InChI is InChI=1S/C26H24N4O5/c1-16-3-8-24-22(13-16)28-26(35-24)18-5-4-17(2)21(14-18)27-25(31)20-15-19(30(32)33)6-7-23(20)29-9-11-34-12-10-29/h3-8,13-15H,9-12H2,1-2H3,(H,27,31). The predicted octanol–water partition coefficient (Wildman–Crippen LogP) is 5.11. The van der Waals surface area contributed by atoms with E-state index < -0.39 is 10.8 Å². The quantitative estimate of drug-likeness (QED) is 0.317. The first-order valence-corrected chi connectivity index (χ1v) is 11.3. The molecule has 5 rings (SSSR count). The number of hydrogen-bond acceptors (Lipinski definition) is 7. The second kappa shape index (κ2) is 9.19. The largest absolute Gasteiger partial charge is 0.436 e. The van der Waals surface area contributed by atoms with E-state index in [1.54, 1.807) is 12.1 Å². The van der Waals surface area contributed by atoms with Gasteiger partial charge in [-0.15, -0.1) is 0 Å². The smallest absolute Gasteiger partial charge is 0.270 e. The number of amides is 1. The van der Waals surface area contributed by atoms with Crippen LogP contribution in [-0.2, 0) is 4.74 Å².